The second-order valence-corrected chi connectivity index (χ2v) is 11.6. The van der Waals surface area contributed by atoms with Gasteiger partial charge in [-0.25, -0.2) is 17.1 Å². The number of amides is 1. The monoisotopic (exact) mass is 428 g/mol. The highest BCUT2D eigenvalue weighted by Gasteiger charge is 2.52. The summed E-state index contributed by atoms with van der Waals surface area (Å²) in [6.45, 7) is 7.48. The summed E-state index contributed by atoms with van der Waals surface area (Å²) >= 11 is 0. The Hall–Kier alpha value is -1.24. The molecule has 0 radical (unpaired) electrons. The van der Waals surface area contributed by atoms with Gasteiger partial charge in [0.2, 0.25) is 15.9 Å². The van der Waals surface area contributed by atoms with Crippen molar-refractivity contribution in [3.8, 4) is 6.07 Å². The molecule has 1 N–H and O–H groups in total. The van der Waals surface area contributed by atoms with Crippen LogP contribution in [-0.2, 0) is 14.8 Å². The number of carbonyl (C=O) groups excluding carboxylic acids is 1. The number of alkyl halides is 1. The average Bonchev–Trinajstić information content (AvgIpc) is 3.13. The molecule has 2 heterocycles. The van der Waals surface area contributed by atoms with Crippen molar-refractivity contribution in [3.05, 3.63) is 0 Å². The van der Waals surface area contributed by atoms with E-state index in [9.17, 15) is 17.6 Å². The molecule has 0 aromatic rings. The Morgan fingerprint density at radius 1 is 1.31 bits per heavy atom. The summed E-state index contributed by atoms with van der Waals surface area (Å²) in [7, 11) is -3.16. The SMILES string of the molecule is CC1(C)[C@H](CN2CCCCS2(=O)=O)CC[C@]1(C)NCC(=O)N1C[C@@H](F)C[C@H]1C#N. The van der Waals surface area contributed by atoms with Gasteiger partial charge in [-0.1, -0.05) is 13.8 Å². The number of nitrogens with zero attached hydrogens (tertiary/aromatic N) is 3. The number of nitriles is 1. The smallest absolute Gasteiger partial charge is 0.237 e. The van der Waals surface area contributed by atoms with Gasteiger partial charge in [0.15, 0.2) is 0 Å². The molecule has 29 heavy (non-hydrogen) atoms. The van der Waals surface area contributed by atoms with Crippen LogP contribution in [-0.4, -0.2) is 73.2 Å². The largest absolute Gasteiger partial charge is 0.323 e. The molecule has 1 aliphatic carbocycles. The molecule has 164 valence electrons. The third-order valence-electron chi connectivity index (χ3n) is 7.66. The van der Waals surface area contributed by atoms with Crippen LogP contribution in [0.3, 0.4) is 0 Å². The highest BCUT2D eigenvalue weighted by molar-refractivity contribution is 7.89. The number of sulfonamides is 1. The summed E-state index contributed by atoms with van der Waals surface area (Å²) in [4.78, 5) is 13.9. The van der Waals surface area contributed by atoms with E-state index < -0.39 is 22.2 Å². The first-order valence-corrected chi connectivity index (χ1v) is 12.2. The van der Waals surface area contributed by atoms with Crippen molar-refractivity contribution >= 4 is 15.9 Å². The molecule has 3 fully saturated rings. The molecule has 3 aliphatic rings. The summed E-state index contributed by atoms with van der Waals surface area (Å²) < 4.78 is 40.1. The van der Waals surface area contributed by atoms with Crippen molar-refractivity contribution in [1.29, 1.82) is 5.26 Å². The van der Waals surface area contributed by atoms with Crippen molar-refractivity contribution in [2.24, 2.45) is 11.3 Å². The van der Waals surface area contributed by atoms with Crippen molar-refractivity contribution in [2.75, 3.05) is 31.9 Å². The zero-order valence-electron chi connectivity index (χ0n) is 17.7. The standard InChI is InChI=1S/C20H33FN4O3S/c1-19(2)15(13-24-8-4-5-9-29(24,27)28)6-7-20(19,3)23-12-18(26)25-14-16(21)10-17(25)11-22/h15-17,23H,4-10,12-14H2,1-3H3/t15-,16-,17-,20-/m0/s1. The molecule has 2 aliphatic heterocycles. The molecule has 0 bridgehead atoms. The number of hydrogen-bond acceptors (Lipinski definition) is 5. The number of rotatable bonds is 5. The Morgan fingerprint density at radius 2 is 2.03 bits per heavy atom. The third kappa shape index (κ3) is 4.30. The minimum Gasteiger partial charge on any atom is -0.323 e. The molecule has 0 aromatic heterocycles. The Bertz CT molecular complexity index is 781. The summed E-state index contributed by atoms with van der Waals surface area (Å²) in [5, 5.41) is 12.5. The van der Waals surface area contributed by atoms with Gasteiger partial charge in [-0.3, -0.25) is 4.79 Å². The maximum Gasteiger partial charge on any atom is 0.237 e. The molecule has 3 rings (SSSR count). The van der Waals surface area contributed by atoms with E-state index in [1.54, 1.807) is 4.31 Å². The van der Waals surface area contributed by atoms with Gasteiger partial charge in [0.25, 0.3) is 0 Å². The molecule has 0 unspecified atom stereocenters. The molecule has 1 saturated carbocycles. The van der Waals surface area contributed by atoms with E-state index in [0.717, 1.165) is 25.7 Å². The molecule has 4 atom stereocenters. The minimum atomic E-state index is -3.16. The van der Waals surface area contributed by atoms with Gasteiger partial charge in [0, 0.05) is 25.0 Å². The number of halogens is 1. The third-order valence-corrected chi connectivity index (χ3v) is 9.58. The zero-order chi connectivity index (χ0) is 21.4. The van der Waals surface area contributed by atoms with E-state index in [0.29, 0.717) is 13.1 Å². The lowest BCUT2D eigenvalue weighted by Crippen LogP contribution is -2.56. The Kier molecular flexibility index (Phi) is 6.29. The molecule has 9 heteroatoms. The van der Waals surface area contributed by atoms with Crippen molar-refractivity contribution in [2.45, 2.75) is 70.6 Å². The van der Waals surface area contributed by atoms with Crippen LogP contribution in [0.5, 0.6) is 0 Å². The van der Waals surface area contributed by atoms with Gasteiger partial charge in [-0.15, -0.1) is 0 Å². The van der Waals surface area contributed by atoms with E-state index >= 15 is 0 Å². The second-order valence-electron chi connectivity index (χ2n) is 9.55. The van der Waals surface area contributed by atoms with E-state index in [4.69, 9.17) is 5.26 Å². The first-order valence-electron chi connectivity index (χ1n) is 10.6. The van der Waals surface area contributed by atoms with E-state index in [1.807, 2.05) is 6.07 Å². The van der Waals surface area contributed by atoms with Crippen LogP contribution < -0.4 is 5.32 Å². The predicted molar refractivity (Wildman–Crippen MR) is 108 cm³/mol. The molecule has 1 amide bonds. The number of nitrogens with one attached hydrogen (secondary N) is 1. The first-order chi connectivity index (χ1) is 13.5. The van der Waals surface area contributed by atoms with Crippen LogP contribution in [0, 0.1) is 22.7 Å². The highest BCUT2D eigenvalue weighted by atomic mass is 32.2. The molecular formula is C20H33FN4O3S. The van der Waals surface area contributed by atoms with Gasteiger partial charge in [-0.2, -0.15) is 5.26 Å². The summed E-state index contributed by atoms with van der Waals surface area (Å²) in [6.07, 6.45) is 2.29. The molecule has 0 spiro atoms. The quantitative estimate of drug-likeness (QED) is 0.719. The summed E-state index contributed by atoms with van der Waals surface area (Å²) in [6, 6.07) is 1.32. The summed E-state index contributed by atoms with van der Waals surface area (Å²) in [5.74, 6) is 0.169. The first kappa shape index (κ1) is 22.4. The average molecular weight is 429 g/mol. The Labute approximate surface area is 173 Å². The number of hydrogen-bond donors (Lipinski definition) is 1. The van der Waals surface area contributed by atoms with Crippen molar-refractivity contribution in [3.63, 3.8) is 0 Å². The van der Waals surface area contributed by atoms with Gasteiger partial charge < -0.3 is 10.2 Å². The van der Waals surface area contributed by atoms with Crippen LogP contribution in [0.25, 0.3) is 0 Å². The van der Waals surface area contributed by atoms with E-state index in [-0.39, 0.29) is 48.0 Å². The maximum absolute atomic E-state index is 13.6. The van der Waals surface area contributed by atoms with Crippen LogP contribution >= 0.6 is 0 Å². The van der Waals surface area contributed by atoms with Gasteiger partial charge in [0.05, 0.1) is 24.9 Å². The van der Waals surface area contributed by atoms with Crippen molar-refractivity contribution in [1.82, 2.24) is 14.5 Å². The number of carbonyl (C=O) groups is 1. The normalized spacial score (nSPS) is 36.8. The molecular weight excluding hydrogens is 395 g/mol. The fourth-order valence-corrected chi connectivity index (χ4v) is 6.72. The Morgan fingerprint density at radius 3 is 2.69 bits per heavy atom. The lowest BCUT2D eigenvalue weighted by Gasteiger charge is -2.44. The van der Waals surface area contributed by atoms with Crippen molar-refractivity contribution < 1.29 is 17.6 Å². The molecule has 2 saturated heterocycles. The van der Waals surface area contributed by atoms with Gasteiger partial charge in [0.1, 0.15) is 12.2 Å². The van der Waals surface area contributed by atoms with Crippen LogP contribution in [0.2, 0.25) is 0 Å². The highest BCUT2D eigenvalue weighted by Crippen LogP contribution is 2.50. The molecule has 7 nitrogen and oxygen atoms in total. The van der Waals surface area contributed by atoms with E-state index in [1.165, 1.54) is 4.90 Å². The van der Waals surface area contributed by atoms with Crippen LogP contribution in [0.15, 0.2) is 0 Å². The van der Waals surface area contributed by atoms with Crippen LogP contribution in [0.4, 0.5) is 4.39 Å². The predicted octanol–water partition coefficient (Wildman–Crippen LogP) is 1.66. The second kappa shape index (κ2) is 8.12. The fraction of sp³-hybridized carbons (Fsp3) is 0.900. The lowest BCUT2D eigenvalue weighted by molar-refractivity contribution is -0.131. The minimum absolute atomic E-state index is 0.0196. The molecule has 0 aromatic carbocycles. The fourth-order valence-electron chi connectivity index (χ4n) is 5.08. The van der Waals surface area contributed by atoms with Gasteiger partial charge >= 0.3 is 0 Å². The maximum atomic E-state index is 13.6. The number of likely N-dealkylation sites (tertiary alicyclic amines) is 1. The van der Waals surface area contributed by atoms with Crippen LogP contribution in [0.1, 0.15) is 52.9 Å². The summed E-state index contributed by atoms with van der Waals surface area (Å²) in [5.41, 5.74) is -0.563. The zero-order valence-corrected chi connectivity index (χ0v) is 18.5. The Balaban J connectivity index is 1.63. The lowest BCUT2D eigenvalue weighted by atomic mass is 9.71. The van der Waals surface area contributed by atoms with E-state index in [2.05, 4.69) is 26.1 Å². The topological polar surface area (TPSA) is 93.5 Å². The van der Waals surface area contributed by atoms with Gasteiger partial charge in [-0.05, 0) is 43.9 Å².